The molecule has 1 amide bonds. The van der Waals surface area contributed by atoms with Crippen molar-refractivity contribution in [2.24, 2.45) is 0 Å². The zero-order chi connectivity index (χ0) is 19.9. The lowest BCUT2D eigenvalue weighted by Gasteiger charge is -2.34. The van der Waals surface area contributed by atoms with E-state index in [4.69, 9.17) is 14.2 Å². The predicted octanol–water partition coefficient (Wildman–Crippen LogP) is 1.57. The van der Waals surface area contributed by atoms with Crippen LogP contribution in [0.5, 0.6) is 17.2 Å². The third-order valence-corrected chi connectivity index (χ3v) is 5.73. The predicted molar refractivity (Wildman–Crippen MR) is 102 cm³/mol. The maximum absolute atomic E-state index is 12.6. The first-order valence-electron chi connectivity index (χ1n) is 8.72. The molecule has 0 bridgehead atoms. The van der Waals surface area contributed by atoms with Gasteiger partial charge in [0.15, 0.2) is 17.6 Å². The Morgan fingerprint density at radius 1 is 1.14 bits per heavy atom. The Morgan fingerprint density at radius 3 is 2.68 bits per heavy atom. The summed E-state index contributed by atoms with van der Waals surface area (Å²) in [6.45, 7) is 2.23. The monoisotopic (exact) mass is 404 g/mol. The lowest BCUT2D eigenvalue weighted by atomic mass is 10.1. The number of nitrogens with one attached hydrogen (secondary N) is 1. The van der Waals surface area contributed by atoms with Crippen LogP contribution >= 0.6 is 0 Å². The summed E-state index contributed by atoms with van der Waals surface area (Å²) < 4.78 is 42.0. The Bertz CT molecular complexity index is 1040. The van der Waals surface area contributed by atoms with Crippen molar-refractivity contribution >= 4 is 21.6 Å². The van der Waals surface area contributed by atoms with Crippen LogP contribution in [-0.2, 0) is 21.4 Å². The van der Waals surface area contributed by atoms with Gasteiger partial charge >= 0.3 is 0 Å². The molecule has 0 saturated heterocycles. The van der Waals surface area contributed by atoms with Crippen LogP contribution in [-0.4, -0.2) is 40.0 Å². The van der Waals surface area contributed by atoms with E-state index in [-0.39, 0.29) is 19.9 Å². The molecule has 148 valence electrons. The first-order valence-corrected chi connectivity index (χ1v) is 10.6. The zero-order valence-electron chi connectivity index (χ0n) is 15.5. The smallest absolute Gasteiger partial charge is 0.263 e. The third kappa shape index (κ3) is 3.57. The second-order valence-electron chi connectivity index (χ2n) is 6.78. The largest absolute Gasteiger partial charge is 0.476 e. The molecule has 4 rings (SSSR count). The van der Waals surface area contributed by atoms with E-state index in [9.17, 15) is 13.2 Å². The lowest BCUT2D eigenvalue weighted by Crippen LogP contribution is -2.50. The Hall–Kier alpha value is -2.94. The normalized spacial score (nSPS) is 17.6. The van der Waals surface area contributed by atoms with Crippen LogP contribution < -0.4 is 23.8 Å². The van der Waals surface area contributed by atoms with Crippen LogP contribution in [0.25, 0.3) is 0 Å². The van der Waals surface area contributed by atoms with E-state index in [1.165, 1.54) is 4.31 Å². The van der Waals surface area contributed by atoms with Gasteiger partial charge in [-0.1, -0.05) is 12.1 Å². The summed E-state index contributed by atoms with van der Waals surface area (Å²) in [5.74, 6) is 1.28. The minimum Gasteiger partial charge on any atom is -0.476 e. The van der Waals surface area contributed by atoms with Crippen molar-refractivity contribution < 1.29 is 27.4 Å². The molecule has 1 atom stereocenters. The summed E-state index contributed by atoms with van der Waals surface area (Å²) in [4.78, 5) is 12.6. The molecule has 0 radical (unpaired) electrons. The van der Waals surface area contributed by atoms with E-state index >= 15 is 0 Å². The molecular weight excluding hydrogens is 384 g/mol. The number of carbonyl (C=O) groups excluding carboxylic acids is 1. The van der Waals surface area contributed by atoms with E-state index in [1.807, 2.05) is 19.1 Å². The second kappa shape index (κ2) is 6.90. The van der Waals surface area contributed by atoms with Crippen molar-refractivity contribution in [1.82, 2.24) is 5.32 Å². The number of rotatable bonds is 4. The molecule has 0 aromatic heterocycles. The molecule has 2 aliphatic heterocycles. The number of benzene rings is 2. The number of carbonyl (C=O) groups is 1. The second-order valence-corrected chi connectivity index (χ2v) is 8.68. The Labute approximate surface area is 163 Å². The number of anilines is 1. The standard InChI is InChI=1S/C19H20N2O6S/c1-12-3-5-15-14(7-12)21(28(2,23)24)10-18(27-15)19(22)20-9-13-4-6-16-17(8-13)26-11-25-16/h3-8,18H,9-11H2,1-2H3,(H,20,22)/t18-/m0/s1. The van der Waals surface area contributed by atoms with Gasteiger partial charge in [0.2, 0.25) is 16.8 Å². The highest BCUT2D eigenvalue weighted by Crippen LogP contribution is 2.36. The maximum Gasteiger partial charge on any atom is 0.263 e. The van der Waals surface area contributed by atoms with Gasteiger partial charge in [-0.3, -0.25) is 9.10 Å². The van der Waals surface area contributed by atoms with Gasteiger partial charge in [0.05, 0.1) is 18.5 Å². The van der Waals surface area contributed by atoms with Crippen LogP contribution in [0.4, 0.5) is 5.69 Å². The van der Waals surface area contributed by atoms with Crippen molar-refractivity contribution in [3.8, 4) is 17.2 Å². The average molecular weight is 404 g/mol. The average Bonchev–Trinajstić information content (AvgIpc) is 3.12. The van der Waals surface area contributed by atoms with Gasteiger partial charge in [-0.15, -0.1) is 0 Å². The fourth-order valence-corrected chi connectivity index (χ4v) is 4.07. The highest BCUT2D eigenvalue weighted by atomic mass is 32.2. The minimum absolute atomic E-state index is 0.0811. The molecule has 28 heavy (non-hydrogen) atoms. The van der Waals surface area contributed by atoms with Crippen molar-refractivity contribution in [3.05, 3.63) is 47.5 Å². The van der Waals surface area contributed by atoms with E-state index < -0.39 is 22.0 Å². The lowest BCUT2D eigenvalue weighted by molar-refractivity contribution is -0.127. The molecule has 2 aliphatic rings. The fraction of sp³-hybridized carbons (Fsp3) is 0.316. The van der Waals surface area contributed by atoms with Crippen molar-refractivity contribution in [2.75, 3.05) is 23.9 Å². The summed E-state index contributed by atoms with van der Waals surface area (Å²) in [5, 5.41) is 2.79. The van der Waals surface area contributed by atoms with E-state index in [0.29, 0.717) is 22.9 Å². The van der Waals surface area contributed by atoms with Gasteiger partial charge in [0.1, 0.15) is 5.75 Å². The number of amides is 1. The van der Waals surface area contributed by atoms with Crippen LogP contribution in [0.1, 0.15) is 11.1 Å². The van der Waals surface area contributed by atoms with Crippen LogP contribution in [0.2, 0.25) is 0 Å². The third-order valence-electron chi connectivity index (χ3n) is 4.58. The van der Waals surface area contributed by atoms with Gasteiger partial charge in [-0.2, -0.15) is 0 Å². The first-order chi connectivity index (χ1) is 13.3. The molecule has 1 N–H and O–H groups in total. The van der Waals surface area contributed by atoms with Gasteiger partial charge in [0.25, 0.3) is 5.91 Å². The number of ether oxygens (including phenoxy) is 3. The molecule has 0 saturated carbocycles. The molecule has 0 spiro atoms. The number of sulfonamides is 1. The number of hydrogen-bond acceptors (Lipinski definition) is 6. The molecule has 0 fully saturated rings. The molecular formula is C19H20N2O6S. The summed E-state index contributed by atoms with van der Waals surface area (Å²) in [7, 11) is -3.55. The van der Waals surface area contributed by atoms with Gasteiger partial charge in [-0.05, 0) is 42.3 Å². The summed E-state index contributed by atoms with van der Waals surface area (Å²) >= 11 is 0. The molecule has 2 aromatic rings. The summed E-state index contributed by atoms with van der Waals surface area (Å²) in [5.41, 5.74) is 2.19. The molecule has 0 aliphatic carbocycles. The van der Waals surface area contributed by atoms with E-state index in [2.05, 4.69) is 5.32 Å². The molecule has 8 nitrogen and oxygen atoms in total. The maximum atomic E-state index is 12.6. The summed E-state index contributed by atoms with van der Waals surface area (Å²) in [6.07, 6.45) is 0.172. The Balaban J connectivity index is 1.49. The van der Waals surface area contributed by atoms with Crippen molar-refractivity contribution in [1.29, 1.82) is 0 Å². The zero-order valence-corrected chi connectivity index (χ0v) is 16.3. The SMILES string of the molecule is Cc1ccc2c(c1)N(S(C)(=O)=O)C[C@@H](C(=O)NCc1ccc3c(c1)OCO3)O2. The number of fused-ring (bicyclic) bond motifs is 2. The van der Waals surface area contributed by atoms with Gasteiger partial charge in [0, 0.05) is 6.54 Å². The Kier molecular flexibility index (Phi) is 4.54. The highest BCUT2D eigenvalue weighted by Gasteiger charge is 2.35. The molecule has 2 aromatic carbocycles. The topological polar surface area (TPSA) is 94.2 Å². The van der Waals surface area contributed by atoms with Gasteiger partial charge in [-0.25, -0.2) is 8.42 Å². The minimum atomic E-state index is -3.55. The van der Waals surface area contributed by atoms with Crippen LogP contribution in [0.3, 0.4) is 0 Å². The van der Waals surface area contributed by atoms with E-state index in [0.717, 1.165) is 17.4 Å². The highest BCUT2D eigenvalue weighted by molar-refractivity contribution is 7.92. The fourth-order valence-electron chi connectivity index (χ4n) is 3.17. The van der Waals surface area contributed by atoms with Gasteiger partial charge < -0.3 is 19.5 Å². The number of nitrogens with zero attached hydrogens (tertiary/aromatic N) is 1. The van der Waals surface area contributed by atoms with Crippen LogP contribution in [0, 0.1) is 6.92 Å². The molecule has 0 unspecified atom stereocenters. The quantitative estimate of drug-likeness (QED) is 0.831. The number of hydrogen-bond donors (Lipinski definition) is 1. The molecule has 9 heteroatoms. The van der Waals surface area contributed by atoms with Crippen molar-refractivity contribution in [2.45, 2.75) is 19.6 Å². The summed E-state index contributed by atoms with van der Waals surface area (Å²) in [6, 6.07) is 10.6. The van der Waals surface area contributed by atoms with E-state index in [1.54, 1.807) is 24.3 Å². The van der Waals surface area contributed by atoms with Crippen molar-refractivity contribution in [3.63, 3.8) is 0 Å². The first kappa shape index (κ1) is 18.4. The molecule has 2 heterocycles. The van der Waals surface area contributed by atoms with Crippen LogP contribution in [0.15, 0.2) is 36.4 Å². The number of aryl methyl sites for hydroxylation is 1. The Morgan fingerprint density at radius 2 is 1.89 bits per heavy atom.